The molecule has 0 radical (unpaired) electrons. The van der Waals surface area contributed by atoms with Crippen LogP contribution in [0.4, 0.5) is 0 Å². The highest BCUT2D eigenvalue weighted by Gasteiger charge is 2.34. The molecule has 0 bridgehead atoms. The van der Waals surface area contributed by atoms with E-state index in [0.717, 1.165) is 11.3 Å². The van der Waals surface area contributed by atoms with Crippen LogP contribution in [0.1, 0.15) is 10.9 Å². The fourth-order valence-corrected chi connectivity index (χ4v) is 4.90. The van der Waals surface area contributed by atoms with Crippen LogP contribution < -0.4 is 4.74 Å². The van der Waals surface area contributed by atoms with Crippen LogP contribution in [0, 0.1) is 0 Å². The normalized spacial score (nSPS) is 20.6. The van der Waals surface area contributed by atoms with Crippen LogP contribution in [0.3, 0.4) is 0 Å². The first-order valence-electron chi connectivity index (χ1n) is 5.90. The smallest absolute Gasteiger partial charge is 0.212 e. The molecule has 106 valence electrons. The van der Waals surface area contributed by atoms with Gasteiger partial charge in [0, 0.05) is 17.9 Å². The molecule has 0 spiro atoms. The molecule has 1 unspecified atom stereocenters. The maximum absolute atomic E-state index is 11.8. The molecule has 2 rings (SSSR count). The number of sulfonamides is 1. The van der Waals surface area contributed by atoms with Gasteiger partial charge in [-0.15, -0.1) is 23.4 Å². The Morgan fingerprint density at radius 1 is 1.47 bits per heavy atom. The molecule has 1 saturated heterocycles. The van der Waals surface area contributed by atoms with E-state index in [1.54, 1.807) is 11.8 Å². The van der Waals surface area contributed by atoms with E-state index >= 15 is 0 Å². The van der Waals surface area contributed by atoms with Crippen LogP contribution >= 0.6 is 23.4 Å². The average Bonchev–Trinajstić information content (AvgIpc) is 2.85. The fraction of sp³-hybridized carbons (Fsp3) is 0.500. The Hall–Kier alpha value is -0.430. The predicted molar refractivity (Wildman–Crippen MR) is 79.4 cm³/mol. The van der Waals surface area contributed by atoms with Crippen molar-refractivity contribution in [2.45, 2.75) is 5.37 Å². The quantitative estimate of drug-likeness (QED) is 0.781. The lowest BCUT2D eigenvalue weighted by Crippen LogP contribution is -2.29. The summed E-state index contributed by atoms with van der Waals surface area (Å²) in [7, 11) is -3.21. The molecule has 0 N–H and O–H groups in total. The Morgan fingerprint density at radius 2 is 2.21 bits per heavy atom. The van der Waals surface area contributed by atoms with Gasteiger partial charge >= 0.3 is 0 Å². The largest absolute Gasteiger partial charge is 0.492 e. The van der Waals surface area contributed by atoms with Gasteiger partial charge in [-0.3, -0.25) is 0 Å². The summed E-state index contributed by atoms with van der Waals surface area (Å²) in [5.74, 6) is 1.90. The molecule has 1 atom stereocenters. The number of benzene rings is 1. The monoisotopic (exact) mass is 321 g/mol. The number of para-hydroxylation sites is 1. The SMILES string of the molecule is CS(=O)(=O)N1CCSC1c1ccccc1OCCCl. The Labute approximate surface area is 123 Å². The summed E-state index contributed by atoms with van der Waals surface area (Å²) >= 11 is 7.24. The molecule has 1 fully saturated rings. The number of ether oxygens (including phenoxy) is 1. The molecule has 19 heavy (non-hydrogen) atoms. The van der Waals surface area contributed by atoms with Crippen molar-refractivity contribution in [2.75, 3.05) is 31.0 Å². The maximum atomic E-state index is 11.8. The minimum absolute atomic E-state index is 0.207. The number of alkyl halides is 1. The van der Waals surface area contributed by atoms with Crippen molar-refractivity contribution in [1.29, 1.82) is 0 Å². The van der Waals surface area contributed by atoms with Crippen molar-refractivity contribution < 1.29 is 13.2 Å². The Balaban J connectivity index is 2.30. The lowest BCUT2D eigenvalue weighted by molar-refractivity contribution is 0.333. The number of hydrogen-bond donors (Lipinski definition) is 0. The first-order valence-corrected chi connectivity index (χ1v) is 9.33. The molecule has 0 aliphatic carbocycles. The highest BCUT2D eigenvalue weighted by Crippen LogP contribution is 2.42. The fourth-order valence-electron chi connectivity index (χ4n) is 2.00. The summed E-state index contributed by atoms with van der Waals surface area (Å²) in [5.41, 5.74) is 0.889. The number of nitrogens with zero attached hydrogens (tertiary/aromatic N) is 1. The molecule has 1 aliphatic heterocycles. The van der Waals surface area contributed by atoms with E-state index in [4.69, 9.17) is 16.3 Å². The van der Waals surface area contributed by atoms with E-state index in [1.807, 2.05) is 24.3 Å². The topological polar surface area (TPSA) is 46.6 Å². The third-order valence-electron chi connectivity index (χ3n) is 2.79. The first kappa shape index (κ1) is 15.0. The molecule has 1 aliphatic rings. The van der Waals surface area contributed by atoms with Crippen LogP contribution in [0.15, 0.2) is 24.3 Å². The summed E-state index contributed by atoms with van der Waals surface area (Å²) in [6.45, 7) is 0.951. The second kappa shape index (κ2) is 6.35. The summed E-state index contributed by atoms with van der Waals surface area (Å²) in [5, 5.41) is -0.207. The van der Waals surface area contributed by atoms with E-state index in [1.165, 1.54) is 10.6 Å². The summed E-state index contributed by atoms with van der Waals surface area (Å²) in [4.78, 5) is 0. The number of halogens is 1. The summed E-state index contributed by atoms with van der Waals surface area (Å²) in [6, 6.07) is 7.52. The van der Waals surface area contributed by atoms with E-state index in [2.05, 4.69) is 0 Å². The maximum Gasteiger partial charge on any atom is 0.212 e. The van der Waals surface area contributed by atoms with E-state index in [9.17, 15) is 8.42 Å². The van der Waals surface area contributed by atoms with E-state index in [-0.39, 0.29) is 5.37 Å². The van der Waals surface area contributed by atoms with Crippen LogP contribution in [-0.4, -0.2) is 43.8 Å². The van der Waals surface area contributed by atoms with Gasteiger partial charge in [-0.2, -0.15) is 4.31 Å². The van der Waals surface area contributed by atoms with Gasteiger partial charge in [0.1, 0.15) is 12.4 Å². The van der Waals surface area contributed by atoms with Gasteiger partial charge in [0.15, 0.2) is 0 Å². The van der Waals surface area contributed by atoms with Crippen molar-refractivity contribution in [1.82, 2.24) is 4.31 Å². The zero-order valence-electron chi connectivity index (χ0n) is 10.6. The van der Waals surface area contributed by atoms with Crippen molar-refractivity contribution >= 4 is 33.4 Å². The predicted octanol–water partition coefficient (Wildman–Crippen LogP) is 2.31. The number of thioether (sulfide) groups is 1. The third kappa shape index (κ3) is 3.56. The molecule has 1 heterocycles. The molecule has 7 heteroatoms. The lowest BCUT2D eigenvalue weighted by atomic mass is 10.2. The van der Waals surface area contributed by atoms with Crippen LogP contribution in [0.2, 0.25) is 0 Å². The van der Waals surface area contributed by atoms with Gasteiger partial charge in [-0.05, 0) is 6.07 Å². The molecular weight excluding hydrogens is 306 g/mol. The minimum atomic E-state index is -3.21. The number of rotatable bonds is 5. The molecule has 1 aromatic rings. The Morgan fingerprint density at radius 3 is 2.89 bits per heavy atom. The molecule has 0 aromatic heterocycles. The lowest BCUT2D eigenvalue weighted by Gasteiger charge is -2.23. The third-order valence-corrected chi connectivity index (χ3v) is 5.57. The second-order valence-electron chi connectivity index (χ2n) is 4.17. The Bertz CT molecular complexity index is 536. The van der Waals surface area contributed by atoms with Crippen LogP contribution in [-0.2, 0) is 10.0 Å². The second-order valence-corrected chi connectivity index (χ2v) is 7.67. The molecule has 1 aromatic carbocycles. The number of hydrogen-bond acceptors (Lipinski definition) is 4. The van der Waals surface area contributed by atoms with Gasteiger partial charge in [-0.25, -0.2) is 8.42 Å². The average molecular weight is 322 g/mol. The first-order chi connectivity index (χ1) is 9.04. The van der Waals surface area contributed by atoms with Crippen molar-refractivity contribution in [2.24, 2.45) is 0 Å². The molecule has 0 amide bonds. The highest BCUT2D eigenvalue weighted by atomic mass is 35.5. The van der Waals surface area contributed by atoms with Crippen molar-refractivity contribution in [3.8, 4) is 5.75 Å². The molecule has 4 nitrogen and oxygen atoms in total. The van der Waals surface area contributed by atoms with Gasteiger partial charge in [0.25, 0.3) is 0 Å². The van der Waals surface area contributed by atoms with Gasteiger partial charge < -0.3 is 4.74 Å². The summed E-state index contributed by atoms with van der Waals surface area (Å²) < 4.78 is 30.7. The summed E-state index contributed by atoms with van der Waals surface area (Å²) in [6.07, 6.45) is 1.24. The zero-order chi connectivity index (χ0) is 13.9. The standard InChI is InChI=1S/C12H16ClNO3S2/c1-19(15,16)14-7-9-18-12(14)10-4-2-3-5-11(10)17-8-6-13/h2-5,12H,6-9H2,1H3. The van der Waals surface area contributed by atoms with Crippen LogP contribution in [0.25, 0.3) is 0 Å². The minimum Gasteiger partial charge on any atom is -0.492 e. The van der Waals surface area contributed by atoms with Gasteiger partial charge in [0.2, 0.25) is 10.0 Å². The Kier molecular flexibility index (Phi) is 5.00. The van der Waals surface area contributed by atoms with Gasteiger partial charge in [0.05, 0.1) is 17.5 Å². The zero-order valence-corrected chi connectivity index (χ0v) is 13.0. The van der Waals surface area contributed by atoms with Crippen LogP contribution in [0.5, 0.6) is 5.75 Å². The molecular formula is C12H16ClNO3S2. The van der Waals surface area contributed by atoms with Crippen molar-refractivity contribution in [3.63, 3.8) is 0 Å². The van der Waals surface area contributed by atoms with E-state index < -0.39 is 10.0 Å². The van der Waals surface area contributed by atoms with E-state index in [0.29, 0.717) is 24.8 Å². The molecule has 0 saturated carbocycles. The highest BCUT2D eigenvalue weighted by molar-refractivity contribution is 8.00. The van der Waals surface area contributed by atoms with Gasteiger partial charge in [-0.1, -0.05) is 18.2 Å². The van der Waals surface area contributed by atoms with Crippen molar-refractivity contribution in [3.05, 3.63) is 29.8 Å².